The van der Waals surface area contributed by atoms with E-state index in [4.69, 9.17) is 5.84 Å². The Balaban J connectivity index is 2.66. The molecule has 1 aromatic rings. The lowest BCUT2D eigenvalue weighted by Gasteiger charge is -1.93. The predicted molar refractivity (Wildman–Crippen MR) is 42.8 cm³/mol. The number of hydrogen-bond acceptors (Lipinski definition) is 2. The van der Waals surface area contributed by atoms with E-state index in [9.17, 15) is 4.39 Å². The van der Waals surface area contributed by atoms with Crippen molar-refractivity contribution in [2.24, 2.45) is 10.9 Å². The van der Waals surface area contributed by atoms with Crippen molar-refractivity contribution in [2.75, 3.05) is 0 Å². The second kappa shape index (κ2) is 3.71. The fourth-order valence-electron chi connectivity index (χ4n) is 0.779. The molecule has 0 bridgehead atoms. The van der Waals surface area contributed by atoms with Gasteiger partial charge in [0.05, 0.1) is 0 Å². The molecule has 0 fully saturated rings. The lowest BCUT2D eigenvalue weighted by atomic mass is 10.2. The number of rotatable bonds is 2. The van der Waals surface area contributed by atoms with Crippen molar-refractivity contribution < 1.29 is 4.39 Å². The van der Waals surface area contributed by atoms with Gasteiger partial charge in [-0.25, -0.2) is 4.39 Å². The van der Waals surface area contributed by atoms with Crippen molar-refractivity contribution in [3.05, 3.63) is 35.6 Å². The van der Waals surface area contributed by atoms with Crippen LogP contribution in [-0.4, -0.2) is 6.21 Å². The largest absolute Gasteiger partial charge is 0.324 e. The summed E-state index contributed by atoms with van der Waals surface area (Å²) in [5, 5.41) is 3.33. The Kier molecular flexibility index (Phi) is 2.60. The van der Waals surface area contributed by atoms with Crippen LogP contribution in [0.25, 0.3) is 0 Å². The second-order valence-electron chi connectivity index (χ2n) is 2.16. The molecule has 58 valence electrons. The zero-order valence-corrected chi connectivity index (χ0v) is 6.00. The molecule has 0 heterocycles. The van der Waals surface area contributed by atoms with Crippen LogP contribution in [-0.2, 0) is 6.42 Å². The molecule has 0 aromatic heterocycles. The van der Waals surface area contributed by atoms with Crippen molar-refractivity contribution in [3.63, 3.8) is 0 Å². The standard InChI is InChI=1S/C8H9FN2/c9-8-3-1-7(2-4-8)5-6-11-10/h1-4,6H,5,10H2/b11-6+. The van der Waals surface area contributed by atoms with Gasteiger partial charge in [-0.15, -0.1) is 0 Å². The smallest absolute Gasteiger partial charge is 0.123 e. The van der Waals surface area contributed by atoms with Gasteiger partial charge in [0, 0.05) is 12.6 Å². The summed E-state index contributed by atoms with van der Waals surface area (Å²) >= 11 is 0. The van der Waals surface area contributed by atoms with E-state index >= 15 is 0 Å². The summed E-state index contributed by atoms with van der Waals surface area (Å²) in [5.41, 5.74) is 1.00. The van der Waals surface area contributed by atoms with Crippen LogP contribution < -0.4 is 5.84 Å². The number of nitrogens with two attached hydrogens (primary N) is 1. The average molecular weight is 152 g/mol. The van der Waals surface area contributed by atoms with E-state index in [1.165, 1.54) is 12.1 Å². The van der Waals surface area contributed by atoms with Gasteiger partial charge >= 0.3 is 0 Å². The van der Waals surface area contributed by atoms with Crippen molar-refractivity contribution in [1.29, 1.82) is 0 Å². The Morgan fingerprint density at radius 2 is 2.00 bits per heavy atom. The Morgan fingerprint density at radius 3 is 2.55 bits per heavy atom. The number of hydrogen-bond donors (Lipinski definition) is 1. The van der Waals surface area contributed by atoms with E-state index < -0.39 is 0 Å². The first-order chi connectivity index (χ1) is 5.33. The van der Waals surface area contributed by atoms with Crippen LogP contribution in [0.4, 0.5) is 4.39 Å². The molecule has 0 saturated heterocycles. The zero-order chi connectivity index (χ0) is 8.10. The van der Waals surface area contributed by atoms with Crippen LogP contribution in [0, 0.1) is 5.82 Å². The Morgan fingerprint density at radius 1 is 1.36 bits per heavy atom. The Labute approximate surface area is 64.5 Å². The van der Waals surface area contributed by atoms with E-state index in [1.54, 1.807) is 18.3 Å². The van der Waals surface area contributed by atoms with Crippen LogP contribution in [0.2, 0.25) is 0 Å². The number of nitrogens with zero attached hydrogens (tertiary/aromatic N) is 1. The molecule has 0 aliphatic carbocycles. The van der Waals surface area contributed by atoms with E-state index in [2.05, 4.69) is 5.10 Å². The van der Waals surface area contributed by atoms with Gasteiger partial charge in [-0.2, -0.15) is 5.10 Å². The maximum atomic E-state index is 12.4. The molecule has 0 saturated carbocycles. The molecule has 2 nitrogen and oxygen atoms in total. The molecule has 0 spiro atoms. The summed E-state index contributed by atoms with van der Waals surface area (Å²) < 4.78 is 12.4. The predicted octanol–water partition coefficient (Wildman–Crippen LogP) is 1.31. The van der Waals surface area contributed by atoms with Crippen LogP contribution in [0.5, 0.6) is 0 Å². The number of hydrazone groups is 1. The van der Waals surface area contributed by atoms with Crippen LogP contribution >= 0.6 is 0 Å². The first-order valence-electron chi connectivity index (χ1n) is 3.29. The van der Waals surface area contributed by atoms with Gasteiger partial charge in [-0.1, -0.05) is 12.1 Å². The van der Waals surface area contributed by atoms with Crippen molar-refractivity contribution in [2.45, 2.75) is 6.42 Å². The molecule has 0 aliphatic heterocycles. The molecule has 0 amide bonds. The summed E-state index contributed by atoms with van der Waals surface area (Å²) in [5.74, 6) is 4.68. The fourth-order valence-corrected chi connectivity index (χ4v) is 0.779. The van der Waals surface area contributed by atoms with Crippen molar-refractivity contribution in [3.8, 4) is 0 Å². The first kappa shape index (κ1) is 7.72. The highest BCUT2D eigenvalue weighted by molar-refractivity contribution is 5.60. The summed E-state index contributed by atoms with van der Waals surface area (Å²) in [6, 6.07) is 6.24. The molecule has 11 heavy (non-hydrogen) atoms. The maximum absolute atomic E-state index is 12.4. The summed E-state index contributed by atoms with van der Waals surface area (Å²) in [6.07, 6.45) is 2.23. The minimum absolute atomic E-state index is 0.224. The lowest BCUT2D eigenvalue weighted by molar-refractivity contribution is 0.627. The molecule has 1 aromatic carbocycles. The highest BCUT2D eigenvalue weighted by Crippen LogP contribution is 2.01. The minimum atomic E-state index is -0.224. The number of benzene rings is 1. The Hall–Kier alpha value is -1.38. The third-order valence-electron chi connectivity index (χ3n) is 1.35. The Bertz CT molecular complexity index is 241. The van der Waals surface area contributed by atoms with Gasteiger partial charge in [0.15, 0.2) is 0 Å². The molecule has 0 aliphatic rings. The molecular weight excluding hydrogens is 143 g/mol. The third kappa shape index (κ3) is 2.37. The first-order valence-corrected chi connectivity index (χ1v) is 3.29. The molecule has 1 rings (SSSR count). The van der Waals surface area contributed by atoms with Crippen LogP contribution in [0.3, 0.4) is 0 Å². The summed E-state index contributed by atoms with van der Waals surface area (Å²) in [6.45, 7) is 0. The SMILES string of the molecule is N/N=C/Cc1ccc(F)cc1. The summed E-state index contributed by atoms with van der Waals surface area (Å²) in [4.78, 5) is 0. The van der Waals surface area contributed by atoms with Gasteiger partial charge in [-0.3, -0.25) is 0 Å². The van der Waals surface area contributed by atoms with E-state index in [0.717, 1.165) is 5.56 Å². The zero-order valence-electron chi connectivity index (χ0n) is 6.00. The number of halogens is 1. The average Bonchev–Trinajstić information content (AvgIpc) is 2.04. The molecule has 3 heteroatoms. The van der Waals surface area contributed by atoms with E-state index in [-0.39, 0.29) is 5.82 Å². The molecule has 0 unspecified atom stereocenters. The van der Waals surface area contributed by atoms with E-state index in [0.29, 0.717) is 6.42 Å². The molecule has 0 atom stereocenters. The van der Waals surface area contributed by atoms with Gasteiger partial charge in [0.2, 0.25) is 0 Å². The van der Waals surface area contributed by atoms with Gasteiger partial charge in [-0.05, 0) is 17.7 Å². The van der Waals surface area contributed by atoms with Crippen molar-refractivity contribution >= 4 is 6.21 Å². The minimum Gasteiger partial charge on any atom is -0.324 e. The quantitative estimate of drug-likeness (QED) is 0.387. The second-order valence-corrected chi connectivity index (χ2v) is 2.16. The van der Waals surface area contributed by atoms with Gasteiger partial charge in [0.25, 0.3) is 0 Å². The summed E-state index contributed by atoms with van der Waals surface area (Å²) in [7, 11) is 0. The molecular formula is C8H9FN2. The topological polar surface area (TPSA) is 38.4 Å². The van der Waals surface area contributed by atoms with Gasteiger partial charge < -0.3 is 5.84 Å². The monoisotopic (exact) mass is 152 g/mol. The third-order valence-corrected chi connectivity index (χ3v) is 1.35. The maximum Gasteiger partial charge on any atom is 0.123 e. The highest BCUT2D eigenvalue weighted by atomic mass is 19.1. The van der Waals surface area contributed by atoms with Crippen LogP contribution in [0.1, 0.15) is 5.56 Å². The molecule has 0 radical (unpaired) electrons. The van der Waals surface area contributed by atoms with E-state index in [1.807, 2.05) is 0 Å². The lowest BCUT2D eigenvalue weighted by Crippen LogP contribution is -1.89. The highest BCUT2D eigenvalue weighted by Gasteiger charge is 1.90. The van der Waals surface area contributed by atoms with Crippen molar-refractivity contribution in [1.82, 2.24) is 0 Å². The normalized spacial score (nSPS) is 10.6. The fraction of sp³-hybridized carbons (Fsp3) is 0.125. The molecule has 2 N–H and O–H groups in total. The van der Waals surface area contributed by atoms with Gasteiger partial charge in [0.1, 0.15) is 5.82 Å². The van der Waals surface area contributed by atoms with Crippen LogP contribution in [0.15, 0.2) is 29.4 Å².